The summed E-state index contributed by atoms with van der Waals surface area (Å²) in [4.78, 5) is 28.1. The van der Waals surface area contributed by atoms with Crippen molar-refractivity contribution in [2.24, 2.45) is 28.6 Å². The molecule has 0 bridgehead atoms. The molecule has 4 aliphatic carbocycles. The fraction of sp³-hybridized carbons (Fsp3) is 0.750. The van der Waals surface area contributed by atoms with Crippen LogP contribution in [0.3, 0.4) is 0 Å². The quantitative estimate of drug-likeness (QED) is 0.464. The van der Waals surface area contributed by atoms with Crippen LogP contribution in [0.2, 0.25) is 0 Å². The van der Waals surface area contributed by atoms with Crippen LogP contribution in [-0.2, 0) is 4.74 Å². The van der Waals surface area contributed by atoms with Crippen LogP contribution in [0.4, 0.5) is 4.79 Å². The Kier molecular flexibility index (Phi) is 7.42. The summed E-state index contributed by atoms with van der Waals surface area (Å²) >= 11 is 0. The van der Waals surface area contributed by atoms with Gasteiger partial charge >= 0.3 is 11.7 Å². The Morgan fingerprint density at radius 3 is 2.69 bits per heavy atom. The minimum absolute atomic E-state index is 0.141. The molecular weight excluding hydrogens is 492 g/mol. The van der Waals surface area contributed by atoms with Gasteiger partial charge in [-0.25, -0.2) is 9.59 Å². The van der Waals surface area contributed by atoms with Gasteiger partial charge in [-0.05, 0) is 104 Å². The molecule has 7 nitrogen and oxygen atoms in total. The van der Waals surface area contributed by atoms with Crippen LogP contribution in [0, 0.1) is 28.6 Å². The van der Waals surface area contributed by atoms with Gasteiger partial charge in [-0.2, -0.15) is 0 Å². The average molecular weight is 539 g/mol. The third-order valence-corrected chi connectivity index (χ3v) is 11.8. The van der Waals surface area contributed by atoms with Gasteiger partial charge in [0, 0.05) is 38.3 Å². The summed E-state index contributed by atoms with van der Waals surface area (Å²) in [5.74, 6) is 2.31. The summed E-state index contributed by atoms with van der Waals surface area (Å²) in [6, 6.07) is 3.69. The normalized spacial score (nSPS) is 38.3. The highest BCUT2D eigenvalue weighted by Crippen LogP contribution is 2.67. The maximum atomic E-state index is 12.3. The number of allylic oxidation sites excluding steroid dienone is 2. The molecule has 7 atom stereocenters. The first-order valence-corrected chi connectivity index (χ1v) is 15.4. The van der Waals surface area contributed by atoms with Crippen LogP contribution in [0.1, 0.15) is 83.1 Å². The van der Waals surface area contributed by atoms with Crippen LogP contribution in [-0.4, -0.2) is 66.4 Å². The molecule has 4 fully saturated rings. The zero-order chi connectivity index (χ0) is 27.2. The molecule has 7 heteroatoms. The Morgan fingerprint density at radius 2 is 1.95 bits per heavy atom. The Hall–Kier alpha value is -2.12. The predicted octanol–water partition coefficient (Wildman–Crippen LogP) is 5.76. The molecule has 3 saturated carbocycles. The van der Waals surface area contributed by atoms with Gasteiger partial charge in [0.2, 0.25) is 0 Å². The van der Waals surface area contributed by atoms with Crippen molar-refractivity contribution in [2.75, 3.05) is 39.4 Å². The van der Waals surface area contributed by atoms with E-state index < -0.39 is 6.09 Å². The summed E-state index contributed by atoms with van der Waals surface area (Å²) < 4.78 is 10.7. The van der Waals surface area contributed by atoms with Crippen LogP contribution in [0.5, 0.6) is 0 Å². The van der Waals surface area contributed by atoms with E-state index in [1.165, 1.54) is 25.7 Å². The molecule has 1 saturated heterocycles. The number of ether oxygens (including phenoxy) is 1. The molecule has 0 radical (unpaired) electrons. The SMILES string of the molecule is C[C@]12CC[C@H](N(CCCN3CCOCC3)C(=O)O)C[C@H]1CC[C@H]1C3=CC[C@H](c4ccc(=O)oc4)[C@@]3(C)CC[C@@H]12. The molecule has 0 unspecified atom stereocenters. The molecule has 5 aliphatic rings. The standard InChI is InChI=1S/C32H46N2O5/c1-31-12-10-24(34(30(36)37)15-3-14-33-16-18-38-19-17-33)20-23(31)5-6-25-27-8-7-26(22-4-9-29(35)39-21-22)32(27,2)13-11-28(25)31/h4,8-9,21,23-26,28H,3,5-7,10-20H2,1-2H3,(H,36,37)/t23-,24+,25+,26-,28+,31+,32-/m1/s1. The smallest absolute Gasteiger partial charge is 0.407 e. The van der Waals surface area contributed by atoms with Crippen molar-refractivity contribution in [1.29, 1.82) is 0 Å². The molecular formula is C32H46N2O5. The zero-order valence-corrected chi connectivity index (χ0v) is 23.8. The molecule has 1 aromatic heterocycles. The summed E-state index contributed by atoms with van der Waals surface area (Å²) in [5.41, 5.74) is 2.97. The number of amides is 1. The first-order valence-electron chi connectivity index (χ1n) is 15.4. The number of morpholine rings is 1. The van der Waals surface area contributed by atoms with E-state index in [0.29, 0.717) is 30.2 Å². The van der Waals surface area contributed by atoms with E-state index in [2.05, 4.69) is 24.8 Å². The van der Waals surface area contributed by atoms with Crippen LogP contribution < -0.4 is 5.63 Å². The van der Waals surface area contributed by atoms with Crippen molar-refractivity contribution in [1.82, 2.24) is 9.80 Å². The minimum atomic E-state index is -0.744. The number of hydrogen-bond acceptors (Lipinski definition) is 5. The number of carbonyl (C=O) groups is 1. The van der Waals surface area contributed by atoms with E-state index in [4.69, 9.17) is 9.15 Å². The molecule has 1 aromatic rings. The lowest BCUT2D eigenvalue weighted by Gasteiger charge is -2.60. The second kappa shape index (κ2) is 10.7. The van der Waals surface area contributed by atoms with E-state index in [9.17, 15) is 14.7 Å². The first kappa shape index (κ1) is 27.1. The third kappa shape index (κ3) is 4.88. The Balaban J connectivity index is 1.11. The summed E-state index contributed by atoms with van der Waals surface area (Å²) in [7, 11) is 0. The fourth-order valence-electron chi connectivity index (χ4n) is 9.64. The van der Waals surface area contributed by atoms with Gasteiger partial charge in [-0.3, -0.25) is 4.90 Å². The lowest BCUT2D eigenvalue weighted by molar-refractivity contribution is -0.0706. The number of carboxylic acid groups (broad SMARTS) is 1. The van der Waals surface area contributed by atoms with Crippen molar-refractivity contribution >= 4 is 6.09 Å². The Morgan fingerprint density at radius 1 is 1.13 bits per heavy atom. The average Bonchev–Trinajstić information content (AvgIpc) is 3.29. The minimum Gasteiger partial charge on any atom is -0.465 e. The van der Waals surface area contributed by atoms with E-state index >= 15 is 0 Å². The molecule has 214 valence electrons. The molecule has 1 aliphatic heterocycles. The lowest BCUT2D eigenvalue weighted by Crippen LogP contribution is -2.54. The topological polar surface area (TPSA) is 83.2 Å². The maximum Gasteiger partial charge on any atom is 0.407 e. The number of fused-ring (bicyclic) bond motifs is 5. The highest BCUT2D eigenvalue weighted by Gasteiger charge is 2.58. The van der Waals surface area contributed by atoms with E-state index in [0.717, 1.165) is 70.5 Å². The Bertz CT molecular complexity index is 1120. The van der Waals surface area contributed by atoms with Crippen molar-refractivity contribution in [2.45, 2.75) is 83.6 Å². The van der Waals surface area contributed by atoms with E-state index in [-0.39, 0.29) is 22.5 Å². The van der Waals surface area contributed by atoms with Crippen molar-refractivity contribution in [3.63, 3.8) is 0 Å². The van der Waals surface area contributed by atoms with Gasteiger partial charge in [0.05, 0.1) is 19.5 Å². The zero-order valence-electron chi connectivity index (χ0n) is 23.8. The van der Waals surface area contributed by atoms with Crippen LogP contribution in [0.15, 0.2) is 39.3 Å². The van der Waals surface area contributed by atoms with E-state index in [1.807, 2.05) is 6.07 Å². The van der Waals surface area contributed by atoms with Crippen molar-refractivity contribution < 1.29 is 19.1 Å². The number of hydrogen-bond donors (Lipinski definition) is 1. The summed E-state index contributed by atoms with van der Waals surface area (Å²) in [5, 5.41) is 10.1. The second-order valence-corrected chi connectivity index (χ2v) is 13.5. The van der Waals surface area contributed by atoms with Crippen molar-refractivity contribution in [3.05, 3.63) is 46.0 Å². The molecule has 0 spiro atoms. The molecule has 0 aromatic carbocycles. The van der Waals surface area contributed by atoms with Gasteiger partial charge in [0.1, 0.15) is 0 Å². The monoisotopic (exact) mass is 538 g/mol. The molecule has 2 heterocycles. The Labute approximate surface area is 232 Å². The predicted molar refractivity (Wildman–Crippen MR) is 150 cm³/mol. The molecule has 6 rings (SSSR count). The molecule has 39 heavy (non-hydrogen) atoms. The largest absolute Gasteiger partial charge is 0.465 e. The van der Waals surface area contributed by atoms with Crippen LogP contribution in [0.25, 0.3) is 0 Å². The van der Waals surface area contributed by atoms with Gasteiger partial charge in [0.15, 0.2) is 0 Å². The third-order valence-electron chi connectivity index (χ3n) is 11.8. The highest BCUT2D eigenvalue weighted by molar-refractivity contribution is 5.65. The maximum absolute atomic E-state index is 12.3. The fourth-order valence-corrected chi connectivity index (χ4v) is 9.64. The number of rotatable bonds is 6. The van der Waals surface area contributed by atoms with E-state index in [1.54, 1.807) is 22.8 Å². The van der Waals surface area contributed by atoms with Crippen LogP contribution >= 0.6 is 0 Å². The van der Waals surface area contributed by atoms with Gasteiger partial charge in [0.25, 0.3) is 0 Å². The van der Waals surface area contributed by atoms with Gasteiger partial charge in [-0.15, -0.1) is 0 Å². The second-order valence-electron chi connectivity index (χ2n) is 13.5. The summed E-state index contributed by atoms with van der Waals surface area (Å²) in [6.07, 6.45) is 13.4. The molecule has 1 amide bonds. The lowest BCUT2D eigenvalue weighted by atomic mass is 9.45. The van der Waals surface area contributed by atoms with Gasteiger partial charge in [-0.1, -0.05) is 25.5 Å². The summed E-state index contributed by atoms with van der Waals surface area (Å²) in [6.45, 7) is 10.1. The van der Waals surface area contributed by atoms with Crippen molar-refractivity contribution in [3.8, 4) is 0 Å². The highest BCUT2D eigenvalue weighted by atomic mass is 16.5. The first-order chi connectivity index (χ1) is 18.8. The van der Waals surface area contributed by atoms with Gasteiger partial charge < -0.3 is 19.2 Å². The molecule has 1 N–H and O–H groups in total. The number of nitrogens with zero attached hydrogens (tertiary/aromatic N) is 2.